The Bertz CT molecular complexity index is 482. The van der Waals surface area contributed by atoms with Gasteiger partial charge in [0.2, 0.25) is 0 Å². The quantitative estimate of drug-likeness (QED) is 0.0728. The summed E-state index contributed by atoms with van der Waals surface area (Å²) in [4.78, 5) is 11.6. The molecule has 2 heteroatoms. The number of hydrogen-bond acceptors (Lipinski definition) is 1. The van der Waals surface area contributed by atoms with Gasteiger partial charge in [0.1, 0.15) is 0 Å². The molecule has 0 saturated carbocycles. The van der Waals surface area contributed by atoms with Gasteiger partial charge in [-0.1, -0.05) is 187 Å². The second kappa shape index (κ2) is 31.4. The molecule has 0 bridgehead atoms. The van der Waals surface area contributed by atoms with E-state index in [9.17, 15) is 9.90 Å². The fraction of sp³-hybridized carbons (Fsp3) is 0.914. The summed E-state index contributed by atoms with van der Waals surface area (Å²) in [5.41, 5.74) is 0.661. The van der Waals surface area contributed by atoms with Crippen LogP contribution in [0.2, 0.25) is 0 Å². The minimum absolute atomic E-state index is 0.661. The lowest BCUT2D eigenvalue weighted by Crippen LogP contribution is -2.00. The van der Waals surface area contributed by atoms with Gasteiger partial charge < -0.3 is 5.11 Å². The molecule has 37 heavy (non-hydrogen) atoms. The molecule has 0 aromatic carbocycles. The Morgan fingerprint density at radius 2 is 0.703 bits per heavy atom. The van der Waals surface area contributed by atoms with E-state index in [4.69, 9.17) is 0 Å². The molecule has 1 N–H and O–H groups in total. The summed E-state index contributed by atoms with van der Waals surface area (Å²) >= 11 is 0. The van der Waals surface area contributed by atoms with Gasteiger partial charge in [-0.05, 0) is 25.7 Å². The van der Waals surface area contributed by atoms with E-state index in [2.05, 4.69) is 13.8 Å². The lowest BCUT2D eigenvalue weighted by molar-refractivity contribution is -0.132. The predicted molar refractivity (Wildman–Crippen MR) is 166 cm³/mol. The maximum absolute atomic E-state index is 11.6. The minimum Gasteiger partial charge on any atom is -0.478 e. The van der Waals surface area contributed by atoms with Crippen LogP contribution in [0.4, 0.5) is 0 Å². The first-order valence-electron chi connectivity index (χ1n) is 17.1. The van der Waals surface area contributed by atoms with E-state index in [1.54, 1.807) is 0 Å². The summed E-state index contributed by atoms with van der Waals surface area (Å²) in [7, 11) is 0. The summed E-state index contributed by atoms with van der Waals surface area (Å²) in [5.74, 6) is -0.694. The Labute approximate surface area is 233 Å². The zero-order chi connectivity index (χ0) is 27.1. The monoisotopic (exact) mass is 521 g/mol. The van der Waals surface area contributed by atoms with Crippen molar-refractivity contribution in [1.29, 1.82) is 0 Å². The van der Waals surface area contributed by atoms with Crippen molar-refractivity contribution in [2.24, 2.45) is 0 Å². The van der Waals surface area contributed by atoms with Crippen molar-refractivity contribution in [3.63, 3.8) is 0 Å². The Morgan fingerprint density at radius 1 is 0.432 bits per heavy atom. The lowest BCUT2D eigenvalue weighted by atomic mass is 10.0. The second-order valence-corrected chi connectivity index (χ2v) is 11.8. The Hall–Kier alpha value is -0.790. The van der Waals surface area contributed by atoms with Crippen LogP contribution in [0, 0.1) is 0 Å². The first-order chi connectivity index (χ1) is 18.2. The molecule has 0 aliphatic heterocycles. The zero-order valence-corrected chi connectivity index (χ0v) is 25.6. The topological polar surface area (TPSA) is 37.3 Å². The molecule has 0 atom stereocenters. The average molecular weight is 521 g/mol. The third-order valence-electron chi connectivity index (χ3n) is 8.02. The highest BCUT2D eigenvalue weighted by atomic mass is 16.4. The van der Waals surface area contributed by atoms with Crippen LogP contribution >= 0.6 is 0 Å². The van der Waals surface area contributed by atoms with E-state index >= 15 is 0 Å². The van der Waals surface area contributed by atoms with Gasteiger partial charge in [0.15, 0.2) is 0 Å². The number of allylic oxidation sites excluding steroid dienone is 1. The van der Waals surface area contributed by atoms with Crippen molar-refractivity contribution in [3.8, 4) is 0 Å². The van der Waals surface area contributed by atoms with Crippen LogP contribution in [0.15, 0.2) is 11.6 Å². The molecule has 0 unspecified atom stereocenters. The van der Waals surface area contributed by atoms with Crippen LogP contribution in [-0.2, 0) is 4.79 Å². The van der Waals surface area contributed by atoms with Crippen molar-refractivity contribution >= 4 is 5.97 Å². The summed E-state index contributed by atoms with van der Waals surface area (Å²) < 4.78 is 0. The molecule has 0 aliphatic carbocycles. The van der Waals surface area contributed by atoms with E-state index in [0.717, 1.165) is 25.7 Å². The highest BCUT2D eigenvalue weighted by molar-refractivity contribution is 5.86. The van der Waals surface area contributed by atoms with Crippen molar-refractivity contribution < 1.29 is 9.90 Å². The molecule has 0 aromatic heterocycles. The van der Waals surface area contributed by atoms with Gasteiger partial charge in [0, 0.05) is 5.57 Å². The van der Waals surface area contributed by atoms with E-state index in [-0.39, 0.29) is 0 Å². The number of rotatable bonds is 31. The molecule has 220 valence electrons. The predicted octanol–water partition coefficient (Wildman–Crippen LogP) is 12.7. The molecule has 0 fully saturated rings. The lowest BCUT2D eigenvalue weighted by Gasteiger charge is -2.05. The molecular weight excluding hydrogens is 452 g/mol. The van der Waals surface area contributed by atoms with Gasteiger partial charge in [-0.2, -0.15) is 0 Å². The summed E-state index contributed by atoms with van der Waals surface area (Å²) in [5, 5.41) is 9.52. The number of carboxylic acids is 1. The number of hydrogen-bond donors (Lipinski definition) is 1. The standard InChI is InChI=1S/C35H68O2/c1-3-5-7-9-11-13-15-17-19-21-23-25-27-29-31-33-34(35(36)37)32-30-28-26-24-22-20-18-16-14-12-10-8-6-4-2/h33H,3-32H2,1-2H3,(H,36,37). The van der Waals surface area contributed by atoms with Crippen LogP contribution in [-0.4, -0.2) is 11.1 Å². The Kier molecular flexibility index (Phi) is 30.8. The van der Waals surface area contributed by atoms with E-state index in [1.165, 1.54) is 167 Å². The zero-order valence-electron chi connectivity index (χ0n) is 25.6. The van der Waals surface area contributed by atoms with Crippen LogP contribution in [0.1, 0.15) is 206 Å². The van der Waals surface area contributed by atoms with Gasteiger partial charge in [0.05, 0.1) is 0 Å². The van der Waals surface area contributed by atoms with Crippen LogP contribution in [0.3, 0.4) is 0 Å². The van der Waals surface area contributed by atoms with Gasteiger partial charge in [0.25, 0.3) is 0 Å². The molecular formula is C35H68O2. The number of aliphatic carboxylic acids is 1. The van der Waals surface area contributed by atoms with E-state index in [0.29, 0.717) is 5.57 Å². The van der Waals surface area contributed by atoms with E-state index < -0.39 is 5.97 Å². The van der Waals surface area contributed by atoms with Crippen LogP contribution < -0.4 is 0 Å². The maximum atomic E-state index is 11.6. The van der Waals surface area contributed by atoms with Gasteiger partial charge in [-0.15, -0.1) is 0 Å². The molecule has 0 radical (unpaired) electrons. The molecule has 0 heterocycles. The minimum atomic E-state index is -0.694. The third-order valence-corrected chi connectivity index (χ3v) is 8.02. The third kappa shape index (κ3) is 29.6. The highest BCUT2D eigenvalue weighted by Crippen LogP contribution is 2.17. The van der Waals surface area contributed by atoms with Crippen molar-refractivity contribution in [3.05, 3.63) is 11.6 Å². The molecule has 2 nitrogen and oxygen atoms in total. The largest absolute Gasteiger partial charge is 0.478 e. The number of carboxylic acid groups (broad SMARTS) is 1. The SMILES string of the molecule is CCCCCCCCCCCCCCCCC=C(CCCCCCCCCCCCCCCC)C(=O)O. The second-order valence-electron chi connectivity index (χ2n) is 11.8. The number of unbranched alkanes of at least 4 members (excludes halogenated alkanes) is 27. The first kappa shape index (κ1) is 36.2. The normalized spacial score (nSPS) is 11.9. The molecule has 0 aliphatic rings. The summed E-state index contributed by atoms with van der Waals surface area (Å²) in [6.07, 6.45) is 41.7. The van der Waals surface area contributed by atoms with Crippen molar-refractivity contribution in [2.75, 3.05) is 0 Å². The molecule has 0 amide bonds. The highest BCUT2D eigenvalue weighted by Gasteiger charge is 2.06. The van der Waals surface area contributed by atoms with Crippen LogP contribution in [0.25, 0.3) is 0 Å². The molecule has 0 saturated heterocycles. The molecule has 0 aromatic rings. The Morgan fingerprint density at radius 3 is 1.00 bits per heavy atom. The summed E-state index contributed by atoms with van der Waals surface area (Å²) in [6, 6.07) is 0. The van der Waals surface area contributed by atoms with Crippen molar-refractivity contribution in [1.82, 2.24) is 0 Å². The van der Waals surface area contributed by atoms with Gasteiger partial charge >= 0.3 is 5.97 Å². The smallest absolute Gasteiger partial charge is 0.331 e. The molecule has 0 spiro atoms. The number of carbonyl (C=O) groups is 1. The summed E-state index contributed by atoms with van der Waals surface area (Å²) in [6.45, 7) is 4.57. The van der Waals surface area contributed by atoms with Crippen molar-refractivity contribution in [2.45, 2.75) is 206 Å². The fourth-order valence-electron chi connectivity index (χ4n) is 5.42. The van der Waals surface area contributed by atoms with Gasteiger partial charge in [-0.25, -0.2) is 4.79 Å². The van der Waals surface area contributed by atoms with Crippen LogP contribution in [0.5, 0.6) is 0 Å². The first-order valence-corrected chi connectivity index (χ1v) is 17.1. The average Bonchev–Trinajstić information content (AvgIpc) is 2.89. The molecule has 0 rings (SSSR count). The van der Waals surface area contributed by atoms with E-state index in [1.807, 2.05) is 6.08 Å². The fourth-order valence-corrected chi connectivity index (χ4v) is 5.42. The Balaban J connectivity index is 3.47. The van der Waals surface area contributed by atoms with Gasteiger partial charge in [-0.3, -0.25) is 0 Å². The maximum Gasteiger partial charge on any atom is 0.331 e.